The predicted molar refractivity (Wildman–Crippen MR) is 90.1 cm³/mol. The molecule has 1 aromatic carbocycles. The number of hydrogen-bond acceptors (Lipinski definition) is 4. The molecule has 0 aliphatic rings. The van der Waals surface area contributed by atoms with E-state index in [1.807, 2.05) is 52.0 Å². The summed E-state index contributed by atoms with van der Waals surface area (Å²) in [6.45, 7) is 12.9. The van der Waals surface area contributed by atoms with Gasteiger partial charge in [0.1, 0.15) is 11.6 Å². The van der Waals surface area contributed by atoms with Gasteiger partial charge in [-0.3, -0.25) is 0 Å². The maximum Gasteiger partial charge on any atom is 0.408 e. The second-order valence-electron chi connectivity index (χ2n) is 7.66. The lowest BCUT2D eigenvalue weighted by Crippen LogP contribution is -2.42. The third-order valence-electron chi connectivity index (χ3n) is 2.87. The molecule has 2 N–H and O–H groups in total. The van der Waals surface area contributed by atoms with Crippen molar-refractivity contribution in [2.45, 2.75) is 72.0 Å². The maximum absolute atomic E-state index is 12.1. The molecule has 23 heavy (non-hydrogen) atoms. The average Bonchev–Trinajstić information content (AvgIpc) is 2.33. The van der Waals surface area contributed by atoms with Crippen LogP contribution in [0.2, 0.25) is 0 Å². The number of alkyl carbamates (subject to hydrolysis) is 1. The van der Waals surface area contributed by atoms with Crippen molar-refractivity contribution in [3.63, 3.8) is 0 Å². The summed E-state index contributed by atoms with van der Waals surface area (Å²) in [6, 6.07) is 6.83. The number of aliphatic hydroxyl groups excluding tert-OH is 1. The van der Waals surface area contributed by atoms with Gasteiger partial charge in [0.25, 0.3) is 0 Å². The van der Waals surface area contributed by atoms with E-state index >= 15 is 0 Å². The fourth-order valence-electron chi connectivity index (χ4n) is 1.96. The van der Waals surface area contributed by atoms with Crippen LogP contribution in [0.5, 0.6) is 0 Å². The summed E-state index contributed by atoms with van der Waals surface area (Å²) in [5.74, 6) is 0. The highest BCUT2D eigenvalue weighted by molar-refractivity contribution is 5.68. The second kappa shape index (κ2) is 7.32. The van der Waals surface area contributed by atoms with Gasteiger partial charge in [-0.05, 0) is 54.0 Å². The summed E-state index contributed by atoms with van der Waals surface area (Å²) >= 11 is 0. The van der Waals surface area contributed by atoms with Crippen LogP contribution < -0.4 is 5.32 Å². The van der Waals surface area contributed by atoms with Crippen molar-refractivity contribution < 1.29 is 19.4 Å². The van der Waals surface area contributed by atoms with E-state index in [9.17, 15) is 9.90 Å². The lowest BCUT2D eigenvalue weighted by atomic mass is 10.0. The third kappa shape index (κ3) is 7.48. The summed E-state index contributed by atoms with van der Waals surface area (Å²) in [5, 5.41) is 13.1. The summed E-state index contributed by atoms with van der Waals surface area (Å²) in [4.78, 5) is 12.1. The maximum atomic E-state index is 12.1. The summed E-state index contributed by atoms with van der Waals surface area (Å²) < 4.78 is 10.9. The van der Waals surface area contributed by atoms with E-state index in [2.05, 4.69) is 5.32 Å². The SMILES string of the molecule is Cc1ccc(C(NC(=O)OC(C)(C)C)C(O)OC(C)(C)C)cc1. The lowest BCUT2D eigenvalue weighted by molar-refractivity contribution is -0.180. The van der Waals surface area contributed by atoms with Crippen LogP contribution in [0.3, 0.4) is 0 Å². The van der Waals surface area contributed by atoms with Gasteiger partial charge in [0.2, 0.25) is 0 Å². The first-order valence-electron chi connectivity index (χ1n) is 7.79. The number of aliphatic hydroxyl groups is 1. The van der Waals surface area contributed by atoms with Gasteiger partial charge >= 0.3 is 6.09 Å². The van der Waals surface area contributed by atoms with Crippen LogP contribution in [0, 0.1) is 6.92 Å². The minimum absolute atomic E-state index is 0.544. The highest BCUT2D eigenvalue weighted by Gasteiger charge is 2.29. The first-order chi connectivity index (χ1) is 10.4. The minimum Gasteiger partial charge on any atom is -0.444 e. The molecule has 0 saturated carbocycles. The van der Waals surface area contributed by atoms with Crippen molar-refractivity contribution in [2.24, 2.45) is 0 Å². The number of amides is 1. The molecular formula is C18H29NO4. The van der Waals surface area contributed by atoms with Crippen molar-refractivity contribution >= 4 is 6.09 Å². The Balaban J connectivity index is 2.96. The largest absolute Gasteiger partial charge is 0.444 e. The Morgan fingerprint density at radius 2 is 1.57 bits per heavy atom. The molecule has 2 unspecified atom stereocenters. The molecule has 1 aromatic rings. The monoisotopic (exact) mass is 323 g/mol. The van der Waals surface area contributed by atoms with Crippen LogP contribution in [0.25, 0.3) is 0 Å². The van der Waals surface area contributed by atoms with Crippen molar-refractivity contribution in [3.8, 4) is 0 Å². The van der Waals surface area contributed by atoms with Crippen LogP contribution in [-0.2, 0) is 9.47 Å². The highest BCUT2D eigenvalue weighted by atomic mass is 16.6. The minimum atomic E-state index is -1.19. The molecule has 5 nitrogen and oxygen atoms in total. The van der Waals surface area contributed by atoms with Crippen molar-refractivity contribution in [1.82, 2.24) is 5.32 Å². The molecule has 0 aromatic heterocycles. The number of rotatable bonds is 4. The van der Waals surface area contributed by atoms with Crippen LogP contribution in [-0.4, -0.2) is 28.7 Å². The molecule has 0 aliphatic heterocycles. The predicted octanol–water partition coefficient (Wildman–Crippen LogP) is 3.69. The normalized spacial score (nSPS) is 15.0. The molecule has 0 bridgehead atoms. The molecule has 130 valence electrons. The highest BCUT2D eigenvalue weighted by Crippen LogP contribution is 2.23. The first kappa shape index (κ1) is 19.5. The van der Waals surface area contributed by atoms with Gasteiger partial charge in [-0.25, -0.2) is 4.79 Å². The van der Waals surface area contributed by atoms with Crippen LogP contribution in [0.15, 0.2) is 24.3 Å². The molecule has 0 saturated heterocycles. The zero-order valence-electron chi connectivity index (χ0n) is 15.1. The van der Waals surface area contributed by atoms with Crippen molar-refractivity contribution in [2.75, 3.05) is 0 Å². The van der Waals surface area contributed by atoms with Crippen molar-refractivity contribution in [3.05, 3.63) is 35.4 Å². The molecule has 0 fully saturated rings. The van der Waals surface area contributed by atoms with Crippen LogP contribution >= 0.6 is 0 Å². The smallest absolute Gasteiger partial charge is 0.408 e. The van der Waals surface area contributed by atoms with E-state index in [0.717, 1.165) is 11.1 Å². The lowest BCUT2D eigenvalue weighted by Gasteiger charge is -2.31. The fraction of sp³-hybridized carbons (Fsp3) is 0.611. The van der Waals surface area contributed by atoms with E-state index in [4.69, 9.17) is 9.47 Å². The number of carbonyl (C=O) groups excluding carboxylic acids is 1. The number of benzene rings is 1. The number of nitrogens with one attached hydrogen (secondary N) is 1. The Kier molecular flexibility index (Phi) is 6.19. The number of ether oxygens (including phenoxy) is 2. The molecular weight excluding hydrogens is 294 g/mol. The molecule has 1 amide bonds. The summed E-state index contributed by atoms with van der Waals surface area (Å²) in [7, 11) is 0. The van der Waals surface area contributed by atoms with Gasteiger partial charge in [-0.15, -0.1) is 0 Å². The number of carbonyl (C=O) groups is 1. The number of hydrogen-bond donors (Lipinski definition) is 2. The van der Waals surface area contributed by atoms with Gasteiger partial charge in [0, 0.05) is 0 Å². The van der Waals surface area contributed by atoms with Crippen molar-refractivity contribution in [1.29, 1.82) is 0 Å². The van der Waals surface area contributed by atoms with Crippen LogP contribution in [0.1, 0.15) is 58.7 Å². The van der Waals surface area contributed by atoms with E-state index in [1.54, 1.807) is 20.8 Å². The molecule has 0 aliphatic carbocycles. The van der Waals surface area contributed by atoms with E-state index < -0.39 is 29.6 Å². The topological polar surface area (TPSA) is 67.8 Å². The third-order valence-corrected chi connectivity index (χ3v) is 2.87. The number of aryl methyl sites for hydroxylation is 1. The molecule has 0 heterocycles. The molecule has 0 radical (unpaired) electrons. The van der Waals surface area contributed by atoms with Gasteiger partial charge in [-0.2, -0.15) is 0 Å². The first-order valence-corrected chi connectivity index (χ1v) is 7.79. The Morgan fingerprint density at radius 1 is 1.04 bits per heavy atom. The summed E-state index contributed by atoms with van der Waals surface area (Å²) in [5.41, 5.74) is 0.685. The van der Waals surface area contributed by atoms with Gasteiger partial charge in [0.05, 0.1) is 5.60 Å². The zero-order valence-corrected chi connectivity index (χ0v) is 15.1. The van der Waals surface area contributed by atoms with Gasteiger partial charge < -0.3 is 19.9 Å². The molecule has 5 heteroatoms. The molecule has 2 atom stereocenters. The van der Waals surface area contributed by atoms with Gasteiger partial charge in [0.15, 0.2) is 6.29 Å². The average molecular weight is 323 g/mol. The Bertz CT molecular complexity index is 511. The fourth-order valence-corrected chi connectivity index (χ4v) is 1.96. The van der Waals surface area contributed by atoms with E-state index in [0.29, 0.717) is 0 Å². The standard InChI is InChI=1S/C18H29NO4/c1-12-8-10-13(11-9-12)14(15(20)22-17(2,3)4)19-16(21)23-18(5,6)7/h8-11,14-15,20H,1-7H3,(H,19,21). The second-order valence-corrected chi connectivity index (χ2v) is 7.66. The van der Waals surface area contributed by atoms with E-state index in [1.165, 1.54) is 0 Å². The van der Waals surface area contributed by atoms with E-state index in [-0.39, 0.29) is 0 Å². The van der Waals surface area contributed by atoms with Gasteiger partial charge in [-0.1, -0.05) is 29.8 Å². The Morgan fingerprint density at radius 3 is 2.00 bits per heavy atom. The Hall–Kier alpha value is -1.59. The summed E-state index contributed by atoms with van der Waals surface area (Å²) in [6.07, 6.45) is -1.79. The zero-order chi connectivity index (χ0) is 17.8. The van der Waals surface area contributed by atoms with Crippen LogP contribution in [0.4, 0.5) is 4.79 Å². The molecule has 1 rings (SSSR count). The molecule has 0 spiro atoms. The quantitative estimate of drug-likeness (QED) is 0.829. The Labute approximate surface area is 139 Å².